The molecule has 0 aliphatic heterocycles. The Balaban J connectivity index is 2.71. The van der Waals surface area contributed by atoms with Crippen LogP contribution in [0.15, 0.2) is 24.3 Å². The highest BCUT2D eigenvalue weighted by Crippen LogP contribution is 2.17. The molecular formula is C13H17ClO4S. The molecule has 0 amide bonds. The maximum atomic E-state index is 11.4. The summed E-state index contributed by atoms with van der Waals surface area (Å²) < 4.78 is 22.8. The lowest BCUT2D eigenvalue weighted by Crippen LogP contribution is -2.21. The molecule has 0 fully saturated rings. The molecule has 0 aromatic heterocycles. The van der Waals surface area contributed by atoms with Crippen LogP contribution >= 0.6 is 11.6 Å². The van der Waals surface area contributed by atoms with Gasteiger partial charge < -0.3 is 5.11 Å². The molecule has 106 valence electrons. The normalized spacial score (nSPS) is 13.2. The molecule has 1 unspecified atom stereocenters. The Morgan fingerprint density at radius 3 is 2.63 bits per heavy atom. The van der Waals surface area contributed by atoms with E-state index in [-0.39, 0.29) is 24.3 Å². The molecule has 1 rings (SSSR count). The molecule has 0 heterocycles. The number of carboxylic acid groups (broad SMARTS) is 1. The van der Waals surface area contributed by atoms with Crippen molar-refractivity contribution in [2.45, 2.75) is 19.8 Å². The fraction of sp³-hybridized carbons (Fsp3) is 0.462. The van der Waals surface area contributed by atoms with Crippen LogP contribution in [0.25, 0.3) is 0 Å². The first-order chi connectivity index (χ1) is 8.84. The first kappa shape index (κ1) is 16.0. The summed E-state index contributed by atoms with van der Waals surface area (Å²) in [5.74, 6) is -1.75. The Labute approximate surface area is 118 Å². The van der Waals surface area contributed by atoms with E-state index in [0.717, 1.165) is 5.56 Å². The predicted molar refractivity (Wildman–Crippen MR) is 75.2 cm³/mol. The summed E-state index contributed by atoms with van der Waals surface area (Å²) in [5.41, 5.74) is 0.800. The lowest BCUT2D eigenvalue weighted by molar-refractivity contribution is -0.141. The summed E-state index contributed by atoms with van der Waals surface area (Å²) in [5, 5.41) is 9.69. The van der Waals surface area contributed by atoms with Crippen LogP contribution < -0.4 is 0 Å². The largest absolute Gasteiger partial charge is 0.481 e. The van der Waals surface area contributed by atoms with Gasteiger partial charge in [-0.3, -0.25) is 4.79 Å². The van der Waals surface area contributed by atoms with Crippen LogP contribution in [0, 0.1) is 5.92 Å². The zero-order chi connectivity index (χ0) is 14.5. The van der Waals surface area contributed by atoms with Gasteiger partial charge in [0.15, 0.2) is 0 Å². The average Bonchev–Trinajstić information content (AvgIpc) is 2.34. The monoisotopic (exact) mass is 304 g/mol. The van der Waals surface area contributed by atoms with Gasteiger partial charge in [0.05, 0.1) is 11.7 Å². The Morgan fingerprint density at radius 1 is 1.42 bits per heavy atom. The highest BCUT2D eigenvalue weighted by Gasteiger charge is 2.21. The van der Waals surface area contributed by atoms with E-state index < -0.39 is 21.7 Å². The SMILES string of the molecule is CCS(=O)(=O)CCC(Cc1cccc(Cl)c1)C(=O)O. The minimum absolute atomic E-state index is 0.0382. The van der Waals surface area contributed by atoms with Gasteiger partial charge in [-0.1, -0.05) is 30.7 Å². The van der Waals surface area contributed by atoms with Crippen molar-refractivity contribution >= 4 is 27.4 Å². The smallest absolute Gasteiger partial charge is 0.306 e. The number of halogens is 1. The van der Waals surface area contributed by atoms with E-state index >= 15 is 0 Å². The van der Waals surface area contributed by atoms with E-state index in [0.29, 0.717) is 5.02 Å². The molecule has 1 aromatic carbocycles. The third kappa shape index (κ3) is 5.61. The van der Waals surface area contributed by atoms with Crippen molar-refractivity contribution in [2.75, 3.05) is 11.5 Å². The Bertz CT molecular complexity index is 539. The minimum atomic E-state index is -3.14. The summed E-state index contributed by atoms with van der Waals surface area (Å²) in [4.78, 5) is 11.2. The van der Waals surface area contributed by atoms with Crippen molar-refractivity contribution < 1.29 is 18.3 Å². The van der Waals surface area contributed by atoms with Crippen molar-refractivity contribution in [3.05, 3.63) is 34.9 Å². The maximum absolute atomic E-state index is 11.4. The second kappa shape index (κ2) is 6.91. The molecule has 19 heavy (non-hydrogen) atoms. The summed E-state index contributed by atoms with van der Waals surface area (Å²) in [6.45, 7) is 1.56. The zero-order valence-corrected chi connectivity index (χ0v) is 12.2. The standard InChI is InChI=1S/C13H17ClO4S/c1-2-19(17,18)7-6-11(13(15)16)8-10-4-3-5-12(14)9-10/h3-5,9,11H,2,6-8H2,1H3,(H,15,16). The topological polar surface area (TPSA) is 71.4 Å². The second-order valence-corrected chi connectivity index (χ2v) is 7.30. The Morgan fingerprint density at radius 2 is 2.11 bits per heavy atom. The Hall–Kier alpha value is -1.07. The number of benzene rings is 1. The molecule has 6 heteroatoms. The number of carbonyl (C=O) groups is 1. The first-order valence-electron chi connectivity index (χ1n) is 6.01. The quantitative estimate of drug-likeness (QED) is 0.839. The fourth-order valence-electron chi connectivity index (χ4n) is 1.73. The van der Waals surface area contributed by atoms with E-state index in [1.54, 1.807) is 31.2 Å². The van der Waals surface area contributed by atoms with Gasteiger partial charge in [0.2, 0.25) is 0 Å². The number of hydrogen-bond acceptors (Lipinski definition) is 3. The molecule has 0 aliphatic carbocycles. The molecular weight excluding hydrogens is 288 g/mol. The van der Waals surface area contributed by atoms with E-state index in [1.807, 2.05) is 0 Å². The highest BCUT2D eigenvalue weighted by molar-refractivity contribution is 7.91. The number of aliphatic carboxylic acids is 1. The van der Waals surface area contributed by atoms with Crippen molar-refractivity contribution in [3.8, 4) is 0 Å². The molecule has 1 N–H and O–H groups in total. The molecule has 0 bridgehead atoms. The van der Waals surface area contributed by atoms with Crippen LogP contribution in [-0.4, -0.2) is 31.0 Å². The molecule has 1 atom stereocenters. The van der Waals surface area contributed by atoms with Crippen LogP contribution in [0.5, 0.6) is 0 Å². The number of sulfone groups is 1. The summed E-state index contributed by atoms with van der Waals surface area (Å²) in [6.07, 6.45) is 0.410. The highest BCUT2D eigenvalue weighted by atomic mass is 35.5. The fourth-order valence-corrected chi connectivity index (χ4v) is 2.87. The molecule has 0 spiro atoms. The van der Waals surface area contributed by atoms with Gasteiger partial charge in [0, 0.05) is 10.8 Å². The van der Waals surface area contributed by atoms with Gasteiger partial charge in [0.1, 0.15) is 9.84 Å². The van der Waals surface area contributed by atoms with Gasteiger partial charge in [0.25, 0.3) is 0 Å². The van der Waals surface area contributed by atoms with Crippen LogP contribution in [0.3, 0.4) is 0 Å². The van der Waals surface area contributed by atoms with Crippen LogP contribution in [0.2, 0.25) is 5.02 Å². The van der Waals surface area contributed by atoms with E-state index in [4.69, 9.17) is 16.7 Å². The third-order valence-corrected chi connectivity index (χ3v) is 4.91. The van der Waals surface area contributed by atoms with E-state index in [2.05, 4.69) is 0 Å². The minimum Gasteiger partial charge on any atom is -0.481 e. The number of carboxylic acids is 1. The number of rotatable bonds is 7. The van der Waals surface area contributed by atoms with E-state index in [1.165, 1.54) is 0 Å². The van der Waals surface area contributed by atoms with Crippen molar-refractivity contribution in [1.29, 1.82) is 0 Å². The molecule has 1 aromatic rings. The van der Waals surface area contributed by atoms with Gasteiger partial charge in [-0.2, -0.15) is 0 Å². The van der Waals surface area contributed by atoms with Crippen molar-refractivity contribution in [3.63, 3.8) is 0 Å². The zero-order valence-electron chi connectivity index (χ0n) is 10.7. The van der Waals surface area contributed by atoms with Gasteiger partial charge in [-0.05, 0) is 30.5 Å². The van der Waals surface area contributed by atoms with Crippen molar-refractivity contribution in [1.82, 2.24) is 0 Å². The summed E-state index contributed by atoms with van der Waals surface area (Å²) in [6, 6.07) is 6.95. The predicted octanol–water partition coefficient (Wildman–Crippen LogP) is 2.41. The molecule has 0 aliphatic rings. The molecule has 0 saturated heterocycles. The lowest BCUT2D eigenvalue weighted by Gasteiger charge is -2.12. The molecule has 0 saturated carbocycles. The maximum Gasteiger partial charge on any atom is 0.306 e. The molecule has 4 nitrogen and oxygen atoms in total. The third-order valence-electron chi connectivity index (χ3n) is 2.94. The van der Waals surface area contributed by atoms with Crippen LogP contribution in [-0.2, 0) is 21.1 Å². The average molecular weight is 305 g/mol. The van der Waals surface area contributed by atoms with Gasteiger partial charge in [-0.25, -0.2) is 8.42 Å². The first-order valence-corrected chi connectivity index (χ1v) is 8.21. The van der Waals surface area contributed by atoms with E-state index in [9.17, 15) is 13.2 Å². The summed E-state index contributed by atoms with van der Waals surface area (Å²) in [7, 11) is -3.14. The van der Waals surface area contributed by atoms with Crippen LogP contribution in [0.4, 0.5) is 0 Å². The lowest BCUT2D eigenvalue weighted by atomic mass is 9.97. The van der Waals surface area contributed by atoms with Crippen LogP contribution in [0.1, 0.15) is 18.9 Å². The molecule has 0 radical (unpaired) electrons. The summed E-state index contributed by atoms with van der Waals surface area (Å²) >= 11 is 5.84. The Kier molecular flexibility index (Phi) is 5.82. The number of hydrogen-bond donors (Lipinski definition) is 1. The van der Waals surface area contributed by atoms with Crippen molar-refractivity contribution in [2.24, 2.45) is 5.92 Å². The van der Waals surface area contributed by atoms with Gasteiger partial charge >= 0.3 is 5.97 Å². The second-order valence-electron chi connectivity index (χ2n) is 4.39. The van der Waals surface area contributed by atoms with Gasteiger partial charge in [-0.15, -0.1) is 0 Å².